The molecular formula is C12H17BrIN. The lowest BCUT2D eigenvalue weighted by Gasteiger charge is -2.21. The van der Waals surface area contributed by atoms with Crippen LogP contribution in [0.2, 0.25) is 0 Å². The van der Waals surface area contributed by atoms with Gasteiger partial charge < -0.3 is 5.73 Å². The van der Waals surface area contributed by atoms with Gasteiger partial charge in [-0.15, -0.1) is 0 Å². The highest BCUT2D eigenvalue weighted by atomic mass is 127. The highest BCUT2D eigenvalue weighted by Gasteiger charge is 2.16. The SMILES string of the molecule is CCCC(C)C(N)c1cc(Br)ccc1I. The van der Waals surface area contributed by atoms with E-state index in [1.54, 1.807) is 0 Å². The van der Waals surface area contributed by atoms with Gasteiger partial charge in [0.15, 0.2) is 0 Å². The Bertz CT molecular complexity index is 327. The fourth-order valence-electron chi connectivity index (χ4n) is 1.71. The van der Waals surface area contributed by atoms with Crippen molar-refractivity contribution in [3.05, 3.63) is 31.8 Å². The molecule has 0 saturated heterocycles. The van der Waals surface area contributed by atoms with E-state index in [1.807, 2.05) is 0 Å². The molecular weight excluding hydrogens is 365 g/mol. The summed E-state index contributed by atoms with van der Waals surface area (Å²) >= 11 is 5.85. The van der Waals surface area contributed by atoms with Crippen LogP contribution in [0.1, 0.15) is 38.3 Å². The lowest BCUT2D eigenvalue weighted by molar-refractivity contribution is 0.432. The Balaban J connectivity index is 2.89. The lowest BCUT2D eigenvalue weighted by atomic mass is 9.92. The molecule has 0 spiro atoms. The summed E-state index contributed by atoms with van der Waals surface area (Å²) in [7, 11) is 0. The van der Waals surface area contributed by atoms with Gasteiger partial charge in [-0.25, -0.2) is 0 Å². The minimum atomic E-state index is 0.148. The molecule has 0 aromatic heterocycles. The number of benzene rings is 1. The number of nitrogens with two attached hydrogens (primary N) is 1. The van der Waals surface area contributed by atoms with Crippen LogP contribution in [-0.4, -0.2) is 0 Å². The fourth-order valence-corrected chi connectivity index (χ4v) is 2.79. The van der Waals surface area contributed by atoms with Crippen molar-refractivity contribution in [2.75, 3.05) is 0 Å². The van der Waals surface area contributed by atoms with Gasteiger partial charge in [0.1, 0.15) is 0 Å². The molecule has 1 nitrogen and oxygen atoms in total. The van der Waals surface area contributed by atoms with E-state index in [1.165, 1.54) is 22.0 Å². The second kappa shape index (κ2) is 6.21. The largest absolute Gasteiger partial charge is 0.324 e. The molecule has 0 heterocycles. The third kappa shape index (κ3) is 3.71. The van der Waals surface area contributed by atoms with Gasteiger partial charge in [-0.1, -0.05) is 36.2 Å². The van der Waals surface area contributed by atoms with E-state index in [9.17, 15) is 0 Å². The number of rotatable bonds is 4. The number of hydrogen-bond acceptors (Lipinski definition) is 1. The summed E-state index contributed by atoms with van der Waals surface area (Å²) in [6.07, 6.45) is 2.38. The Hall–Kier alpha value is 0.390. The van der Waals surface area contributed by atoms with Crippen LogP contribution in [0.15, 0.2) is 22.7 Å². The van der Waals surface area contributed by atoms with Crippen molar-refractivity contribution in [2.45, 2.75) is 32.7 Å². The van der Waals surface area contributed by atoms with Crippen molar-refractivity contribution in [1.82, 2.24) is 0 Å². The van der Waals surface area contributed by atoms with Gasteiger partial charge >= 0.3 is 0 Å². The molecule has 2 N–H and O–H groups in total. The average molecular weight is 382 g/mol. The molecule has 0 aliphatic rings. The third-order valence-electron chi connectivity index (χ3n) is 2.67. The van der Waals surface area contributed by atoms with Crippen molar-refractivity contribution in [2.24, 2.45) is 11.7 Å². The van der Waals surface area contributed by atoms with E-state index in [-0.39, 0.29) is 6.04 Å². The maximum absolute atomic E-state index is 6.27. The van der Waals surface area contributed by atoms with Gasteiger partial charge in [-0.2, -0.15) is 0 Å². The molecule has 2 atom stereocenters. The van der Waals surface area contributed by atoms with E-state index in [2.05, 4.69) is 70.6 Å². The molecule has 3 heteroatoms. The average Bonchev–Trinajstić information content (AvgIpc) is 2.21. The number of halogens is 2. The van der Waals surface area contributed by atoms with Crippen LogP contribution >= 0.6 is 38.5 Å². The molecule has 0 saturated carbocycles. The highest BCUT2D eigenvalue weighted by molar-refractivity contribution is 14.1. The van der Waals surface area contributed by atoms with E-state index in [0.29, 0.717) is 5.92 Å². The Labute approximate surface area is 114 Å². The molecule has 1 aromatic rings. The van der Waals surface area contributed by atoms with Gasteiger partial charge in [-0.3, -0.25) is 0 Å². The number of hydrogen-bond donors (Lipinski definition) is 1. The zero-order valence-electron chi connectivity index (χ0n) is 9.13. The first-order chi connectivity index (χ1) is 7.06. The van der Waals surface area contributed by atoms with E-state index in [0.717, 1.165) is 4.47 Å². The first-order valence-corrected chi connectivity index (χ1v) is 7.14. The standard InChI is InChI=1S/C12H17BrIN/c1-3-4-8(2)12(15)10-7-9(13)5-6-11(10)14/h5-8,12H,3-4,15H2,1-2H3. The Morgan fingerprint density at radius 1 is 1.47 bits per heavy atom. The molecule has 0 amide bonds. The van der Waals surface area contributed by atoms with Crippen LogP contribution in [0.5, 0.6) is 0 Å². The first kappa shape index (κ1) is 13.5. The van der Waals surface area contributed by atoms with Crippen molar-refractivity contribution in [1.29, 1.82) is 0 Å². The molecule has 1 aromatic carbocycles. The van der Waals surface area contributed by atoms with Gasteiger partial charge in [0, 0.05) is 14.1 Å². The molecule has 1 rings (SSSR count). The fraction of sp³-hybridized carbons (Fsp3) is 0.500. The summed E-state index contributed by atoms with van der Waals surface area (Å²) in [5.74, 6) is 0.540. The second-order valence-electron chi connectivity index (χ2n) is 3.96. The van der Waals surface area contributed by atoms with Crippen molar-refractivity contribution in [3.63, 3.8) is 0 Å². The van der Waals surface area contributed by atoms with Crippen molar-refractivity contribution >= 4 is 38.5 Å². The minimum Gasteiger partial charge on any atom is -0.324 e. The van der Waals surface area contributed by atoms with Crippen LogP contribution in [-0.2, 0) is 0 Å². The summed E-state index contributed by atoms with van der Waals surface area (Å²) in [5.41, 5.74) is 7.52. The highest BCUT2D eigenvalue weighted by Crippen LogP contribution is 2.29. The molecule has 0 bridgehead atoms. The summed E-state index contributed by atoms with van der Waals surface area (Å²) in [5, 5.41) is 0. The predicted octanol–water partition coefficient (Wildman–Crippen LogP) is 4.49. The van der Waals surface area contributed by atoms with Crippen molar-refractivity contribution in [3.8, 4) is 0 Å². The summed E-state index contributed by atoms with van der Waals surface area (Å²) in [6.45, 7) is 4.43. The van der Waals surface area contributed by atoms with Crippen LogP contribution in [0.25, 0.3) is 0 Å². The maximum atomic E-state index is 6.27. The van der Waals surface area contributed by atoms with Crippen LogP contribution < -0.4 is 5.73 Å². The normalized spacial score (nSPS) is 15.0. The zero-order valence-corrected chi connectivity index (χ0v) is 12.9. The molecule has 0 aliphatic heterocycles. The molecule has 0 fully saturated rings. The van der Waals surface area contributed by atoms with Crippen LogP contribution in [0.4, 0.5) is 0 Å². The topological polar surface area (TPSA) is 26.0 Å². The van der Waals surface area contributed by atoms with E-state index >= 15 is 0 Å². The molecule has 84 valence electrons. The van der Waals surface area contributed by atoms with Gasteiger partial charge in [0.2, 0.25) is 0 Å². The summed E-state index contributed by atoms with van der Waals surface area (Å²) in [6, 6.07) is 6.45. The van der Waals surface area contributed by atoms with E-state index < -0.39 is 0 Å². The Morgan fingerprint density at radius 2 is 2.13 bits per heavy atom. The quantitative estimate of drug-likeness (QED) is 0.764. The Morgan fingerprint density at radius 3 is 2.73 bits per heavy atom. The molecule has 15 heavy (non-hydrogen) atoms. The minimum absolute atomic E-state index is 0.148. The smallest absolute Gasteiger partial charge is 0.0331 e. The molecule has 2 unspecified atom stereocenters. The molecule has 0 aliphatic carbocycles. The predicted molar refractivity (Wildman–Crippen MR) is 77.9 cm³/mol. The first-order valence-electron chi connectivity index (χ1n) is 5.26. The van der Waals surface area contributed by atoms with E-state index in [4.69, 9.17) is 5.73 Å². The van der Waals surface area contributed by atoms with Gasteiger partial charge in [0.05, 0.1) is 0 Å². The Kier molecular flexibility index (Phi) is 5.57. The summed E-state index contributed by atoms with van der Waals surface area (Å²) < 4.78 is 2.36. The van der Waals surface area contributed by atoms with Crippen LogP contribution in [0, 0.1) is 9.49 Å². The van der Waals surface area contributed by atoms with Crippen molar-refractivity contribution < 1.29 is 0 Å². The van der Waals surface area contributed by atoms with Crippen LogP contribution in [0.3, 0.4) is 0 Å². The van der Waals surface area contributed by atoms with Gasteiger partial charge in [0.25, 0.3) is 0 Å². The zero-order chi connectivity index (χ0) is 11.4. The molecule has 0 radical (unpaired) electrons. The maximum Gasteiger partial charge on any atom is 0.0331 e. The summed E-state index contributed by atoms with van der Waals surface area (Å²) in [4.78, 5) is 0. The second-order valence-corrected chi connectivity index (χ2v) is 6.04. The third-order valence-corrected chi connectivity index (χ3v) is 4.15. The van der Waals surface area contributed by atoms with Gasteiger partial charge in [-0.05, 0) is 58.7 Å². The monoisotopic (exact) mass is 381 g/mol. The lowest BCUT2D eigenvalue weighted by Crippen LogP contribution is -2.20.